The van der Waals surface area contributed by atoms with Crippen LogP contribution in [-0.4, -0.2) is 51.6 Å². The lowest BCUT2D eigenvalue weighted by Gasteiger charge is -2.08. The predicted molar refractivity (Wildman–Crippen MR) is 145 cm³/mol. The molecule has 0 saturated carbocycles. The molecule has 2 aromatic rings. The Hall–Kier alpha value is -3.77. The molecule has 0 saturated heterocycles. The van der Waals surface area contributed by atoms with Gasteiger partial charge in [-0.2, -0.15) is 0 Å². The first-order valence-corrected chi connectivity index (χ1v) is 13.4. The second kappa shape index (κ2) is 20.2. The molecule has 9 nitrogen and oxygen atoms in total. The van der Waals surface area contributed by atoms with Crippen molar-refractivity contribution in [2.45, 2.75) is 58.3 Å². The van der Waals surface area contributed by atoms with Crippen LogP contribution in [0.3, 0.4) is 0 Å². The van der Waals surface area contributed by atoms with Gasteiger partial charge in [-0.25, -0.2) is 0 Å². The summed E-state index contributed by atoms with van der Waals surface area (Å²) in [6.07, 6.45) is 7.24. The van der Waals surface area contributed by atoms with E-state index in [-0.39, 0.29) is 38.4 Å². The highest BCUT2D eigenvalue weighted by atomic mass is 16.6. The van der Waals surface area contributed by atoms with E-state index in [9.17, 15) is 9.59 Å². The minimum atomic E-state index is -0.261. The van der Waals surface area contributed by atoms with E-state index in [2.05, 4.69) is 0 Å². The first-order valence-electron chi connectivity index (χ1n) is 13.4. The van der Waals surface area contributed by atoms with Gasteiger partial charge in [-0.05, 0) is 81.8 Å². The third-order valence-electron chi connectivity index (χ3n) is 5.58. The molecule has 0 atom stereocenters. The van der Waals surface area contributed by atoms with E-state index in [1.54, 1.807) is 30.5 Å². The number of esters is 2. The lowest BCUT2D eigenvalue weighted by molar-refractivity contribution is -0.146. The predicted octanol–water partition coefficient (Wildman–Crippen LogP) is 5.54. The Morgan fingerprint density at radius 1 is 0.615 bits per heavy atom. The molecule has 0 aliphatic rings. The quantitative estimate of drug-likeness (QED) is 0.114. The van der Waals surface area contributed by atoms with Crippen LogP contribution in [0, 0.1) is 18.4 Å². The number of carbonyl (C=O) groups excluding carboxylic acids is 2. The molecule has 0 spiro atoms. The van der Waals surface area contributed by atoms with Gasteiger partial charge in [0.2, 0.25) is 0 Å². The molecule has 0 fully saturated rings. The Labute approximate surface area is 230 Å². The summed E-state index contributed by atoms with van der Waals surface area (Å²) >= 11 is 0. The smallest absolute Gasteiger partial charge is 0.305 e. The van der Waals surface area contributed by atoms with E-state index in [0.717, 1.165) is 37.9 Å². The van der Waals surface area contributed by atoms with Crippen LogP contribution in [0.2, 0.25) is 0 Å². The van der Waals surface area contributed by atoms with Crippen molar-refractivity contribution in [3.8, 4) is 23.5 Å². The van der Waals surface area contributed by atoms with E-state index in [0.29, 0.717) is 44.0 Å². The molecule has 0 amide bonds. The topological polar surface area (TPSA) is 113 Å². The van der Waals surface area contributed by atoms with Gasteiger partial charge in [-0.15, -0.1) is 5.26 Å². The number of hydrogen-bond donors (Lipinski definition) is 0. The highest BCUT2D eigenvalue weighted by Crippen LogP contribution is 2.18. The van der Waals surface area contributed by atoms with Gasteiger partial charge < -0.3 is 28.4 Å². The zero-order valence-electron chi connectivity index (χ0n) is 22.7. The number of nitriles is 1. The first-order chi connectivity index (χ1) is 19.1. The zero-order chi connectivity index (χ0) is 28.0. The number of carbonyl (C=O) groups is 2. The Morgan fingerprint density at radius 2 is 1.08 bits per heavy atom. The van der Waals surface area contributed by atoms with Crippen molar-refractivity contribution in [3.63, 3.8) is 0 Å². The van der Waals surface area contributed by atoms with Crippen molar-refractivity contribution in [2.75, 3.05) is 39.6 Å². The van der Waals surface area contributed by atoms with Crippen LogP contribution in [0.15, 0.2) is 48.5 Å². The number of ether oxygens (including phenoxy) is 6. The lowest BCUT2D eigenvalue weighted by Crippen LogP contribution is -2.14. The van der Waals surface area contributed by atoms with Gasteiger partial charge in [-0.1, -0.05) is 17.7 Å². The van der Waals surface area contributed by atoms with Gasteiger partial charge in [-0.3, -0.25) is 9.59 Å². The number of hydrogen-bond acceptors (Lipinski definition) is 9. The van der Waals surface area contributed by atoms with Crippen LogP contribution < -0.4 is 14.2 Å². The zero-order valence-corrected chi connectivity index (χ0v) is 22.7. The summed E-state index contributed by atoms with van der Waals surface area (Å²) in [4.78, 5) is 23.6. The second-order valence-electron chi connectivity index (χ2n) is 8.85. The maximum absolute atomic E-state index is 11.8. The second-order valence-corrected chi connectivity index (χ2v) is 8.85. The SMILES string of the molecule is Cc1ccc(OCCCCCC(=O)OCCOCCOC(=O)CCCCCOc2ccc(OC#N)cc2)cc1. The molecule has 9 heteroatoms. The summed E-state index contributed by atoms with van der Waals surface area (Å²) in [5, 5.41) is 8.46. The van der Waals surface area contributed by atoms with Crippen LogP contribution in [-0.2, 0) is 23.8 Å². The standard InChI is InChI=1S/C30H39NO8/c1-25-10-12-26(13-11-25)35-18-6-2-4-8-29(32)37-22-20-34-21-23-38-30(33)9-5-3-7-19-36-27-14-16-28(17-15-27)39-24-31/h10-17H,2-9,18-23H2,1H3. The summed E-state index contributed by atoms with van der Waals surface area (Å²) in [5.41, 5.74) is 1.20. The lowest BCUT2D eigenvalue weighted by atomic mass is 10.2. The van der Waals surface area contributed by atoms with Crippen molar-refractivity contribution < 1.29 is 38.0 Å². The molecule has 2 rings (SSSR count). The molecular weight excluding hydrogens is 502 g/mol. The molecular formula is C30H39NO8. The fourth-order valence-electron chi connectivity index (χ4n) is 3.44. The molecule has 0 N–H and O–H groups in total. The van der Waals surface area contributed by atoms with Crippen molar-refractivity contribution >= 4 is 11.9 Å². The minimum absolute atomic E-state index is 0.173. The van der Waals surface area contributed by atoms with Gasteiger partial charge in [0.1, 0.15) is 30.5 Å². The highest BCUT2D eigenvalue weighted by molar-refractivity contribution is 5.69. The largest absolute Gasteiger partial charge is 0.494 e. The third kappa shape index (κ3) is 15.9. The Morgan fingerprint density at radius 3 is 1.56 bits per heavy atom. The molecule has 0 unspecified atom stereocenters. The molecule has 0 aliphatic carbocycles. The monoisotopic (exact) mass is 541 g/mol. The van der Waals surface area contributed by atoms with Gasteiger partial charge in [0, 0.05) is 12.8 Å². The summed E-state index contributed by atoms with van der Waals surface area (Å²) < 4.78 is 31.7. The number of nitrogens with zero attached hydrogens (tertiary/aromatic N) is 1. The Bertz CT molecular complexity index is 986. The number of unbranched alkanes of at least 4 members (excludes halogenated alkanes) is 4. The molecule has 0 aromatic heterocycles. The number of rotatable bonds is 21. The van der Waals surface area contributed by atoms with Crippen LogP contribution >= 0.6 is 0 Å². The third-order valence-corrected chi connectivity index (χ3v) is 5.58. The molecule has 2 aromatic carbocycles. The Balaban J connectivity index is 1.32. The molecule has 0 radical (unpaired) electrons. The Kier molecular flexibility index (Phi) is 16.3. The van der Waals surface area contributed by atoms with Crippen LogP contribution in [0.1, 0.15) is 56.9 Å². The van der Waals surface area contributed by atoms with Crippen molar-refractivity contribution in [1.29, 1.82) is 5.26 Å². The van der Waals surface area contributed by atoms with Gasteiger partial charge >= 0.3 is 11.9 Å². The number of benzene rings is 2. The first kappa shape index (κ1) is 31.4. The van der Waals surface area contributed by atoms with E-state index >= 15 is 0 Å². The van der Waals surface area contributed by atoms with Crippen molar-refractivity contribution in [3.05, 3.63) is 54.1 Å². The van der Waals surface area contributed by atoms with Crippen LogP contribution in [0.5, 0.6) is 17.2 Å². The molecule has 0 aliphatic heterocycles. The van der Waals surface area contributed by atoms with E-state index < -0.39 is 0 Å². The normalized spacial score (nSPS) is 10.4. The van der Waals surface area contributed by atoms with Gasteiger partial charge in [0.05, 0.1) is 26.4 Å². The van der Waals surface area contributed by atoms with Crippen molar-refractivity contribution in [2.24, 2.45) is 0 Å². The van der Waals surface area contributed by atoms with Gasteiger partial charge in [0.25, 0.3) is 6.26 Å². The fourth-order valence-corrected chi connectivity index (χ4v) is 3.44. The molecule has 0 heterocycles. The van der Waals surface area contributed by atoms with E-state index in [4.69, 9.17) is 33.7 Å². The average molecular weight is 542 g/mol. The van der Waals surface area contributed by atoms with Gasteiger partial charge in [0.15, 0.2) is 0 Å². The van der Waals surface area contributed by atoms with E-state index in [1.807, 2.05) is 31.2 Å². The molecule has 212 valence electrons. The summed E-state index contributed by atoms with van der Waals surface area (Å²) in [7, 11) is 0. The molecule has 0 bridgehead atoms. The average Bonchev–Trinajstić information content (AvgIpc) is 2.94. The maximum atomic E-state index is 11.8. The van der Waals surface area contributed by atoms with E-state index in [1.165, 1.54) is 5.56 Å². The number of aryl methyl sites for hydroxylation is 1. The molecule has 39 heavy (non-hydrogen) atoms. The maximum Gasteiger partial charge on any atom is 0.305 e. The summed E-state index contributed by atoms with van der Waals surface area (Å²) in [6, 6.07) is 14.8. The highest BCUT2D eigenvalue weighted by Gasteiger charge is 2.05. The minimum Gasteiger partial charge on any atom is -0.494 e. The fraction of sp³-hybridized carbons (Fsp3) is 0.500. The van der Waals surface area contributed by atoms with Crippen molar-refractivity contribution in [1.82, 2.24) is 0 Å². The summed E-state index contributed by atoms with van der Waals surface area (Å²) in [5.74, 6) is 1.53. The summed E-state index contributed by atoms with van der Waals surface area (Å²) in [6.45, 7) is 4.09. The van der Waals surface area contributed by atoms with Crippen LogP contribution in [0.25, 0.3) is 0 Å². The van der Waals surface area contributed by atoms with Crippen LogP contribution in [0.4, 0.5) is 0 Å².